The molecule has 1 aromatic rings. The first-order valence-corrected chi connectivity index (χ1v) is 8.55. The molecule has 1 aromatic carbocycles. The van der Waals surface area contributed by atoms with Gasteiger partial charge in [-0.15, -0.1) is 0 Å². The maximum Gasteiger partial charge on any atom is 0.261 e. The smallest absolute Gasteiger partial charge is 0.261 e. The third-order valence-corrected chi connectivity index (χ3v) is 5.75. The number of fused-ring (bicyclic) bond motifs is 2. The monoisotopic (exact) mass is 321 g/mol. The summed E-state index contributed by atoms with van der Waals surface area (Å²) in [5, 5.41) is 3.94. The Bertz CT molecular complexity index is 563. The van der Waals surface area contributed by atoms with Gasteiger partial charge in [-0.1, -0.05) is 18.0 Å². The zero-order valence-electron chi connectivity index (χ0n) is 13.5. The van der Waals surface area contributed by atoms with Crippen molar-refractivity contribution in [1.82, 2.24) is 5.32 Å². The van der Waals surface area contributed by atoms with E-state index < -0.39 is 6.10 Å². The van der Waals surface area contributed by atoms with Gasteiger partial charge >= 0.3 is 0 Å². The van der Waals surface area contributed by atoms with Gasteiger partial charge in [-0.3, -0.25) is 4.79 Å². The first-order chi connectivity index (χ1) is 10.4. The van der Waals surface area contributed by atoms with Crippen LogP contribution in [0.3, 0.4) is 0 Å². The lowest BCUT2D eigenvalue weighted by Gasteiger charge is -2.25. The highest BCUT2D eigenvalue weighted by Crippen LogP contribution is 2.44. The maximum atomic E-state index is 12.4. The summed E-state index contributed by atoms with van der Waals surface area (Å²) in [6, 6.07) is 4.12. The number of nitrogens with one attached hydrogen (secondary N) is 1. The fraction of sp³-hybridized carbons (Fsp3) is 0.611. The Morgan fingerprint density at radius 2 is 1.95 bits per heavy atom. The zero-order chi connectivity index (χ0) is 15.9. The van der Waals surface area contributed by atoms with Crippen LogP contribution in [0.2, 0.25) is 5.02 Å². The number of aryl methyl sites for hydroxylation is 2. The molecular weight excluding hydrogens is 298 g/mol. The largest absolute Gasteiger partial charge is 0.481 e. The van der Waals surface area contributed by atoms with Crippen LogP contribution >= 0.6 is 11.6 Å². The van der Waals surface area contributed by atoms with E-state index in [-0.39, 0.29) is 5.91 Å². The number of carbonyl (C=O) groups excluding carboxylic acids is 1. The summed E-state index contributed by atoms with van der Waals surface area (Å²) in [7, 11) is 0. The molecule has 0 aromatic heterocycles. The summed E-state index contributed by atoms with van der Waals surface area (Å²) in [6.45, 7) is 5.70. The van der Waals surface area contributed by atoms with Crippen molar-refractivity contribution in [3.05, 3.63) is 28.3 Å². The van der Waals surface area contributed by atoms with Gasteiger partial charge in [-0.05, 0) is 75.1 Å². The van der Waals surface area contributed by atoms with E-state index in [0.717, 1.165) is 28.5 Å². The molecular formula is C18H24ClNO2. The Balaban J connectivity index is 1.59. The lowest BCUT2D eigenvalue weighted by molar-refractivity contribution is -0.128. The Kier molecular flexibility index (Phi) is 4.35. The first kappa shape index (κ1) is 15.7. The van der Waals surface area contributed by atoms with Gasteiger partial charge in [0, 0.05) is 11.1 Å². The molecule has 4 atom stereocenters. The number of amides is 1. The maximum absolute atomic E-state index is 12.4. The second-order valence-electron chi connectivity index (χ2n) is 6.92. The van der Waals surface area contributed by atoms with Gasteiger partial charge in [0.25, 0.3) is 5.91 Å². The highest BCUT2D eigenvalue weighted by Gasteiger charge is 2.40. The molecule has 4 heteroatoms. The van der Waals surface area contributed by atoms with Gasteiger partial charge < -0.3 is 10.1 Å². The van der Waals surface area contributed by atoms with Crippen molar-refractivity contribution < 1.29 is 9.53 Å². The average Bonchev–Trinajstić information content (AvgIpc) is 3.07. The lowest BCUT2D eigenvalue weighted by Crippen LogP contribution is -2.44. The van der Waals surface area contributed by atoms with Crippen LogP contribution < -0.4 is 10.1 Å². The minimum Gasteiger partial charge on any atom is -0.481 e. The number of rotatable bonds is 4. The summed E-state index contributed by atoms with van der Waals surface area (Å²) in [5.74, 6) is 2.20. The van der Waals surface area contributed by atoms with Crippen molar-refractivity contribution >= 4 is 17.5 Å². The molecule has 0 heterocycles. The molecule has 3 rings (SSSR count). The Morgan fingerprint density at radius 1 is 1.27 bits per heavy atom. The van der Waals surface area contributed by atoms with E-state index in [1.165, 1.54) is 19.3 Å². The molecule has 0 radical (unpaired) electrons. The molecule has 0 aliphatic heterocycles. The van der Waals surface area contributed by atoms with E-state index in [2.05, 4.69) is 5.32 Å². The van der Waals surface area contributed by atoms with Crippen LogP contribution in [0, 0.1) is 25.7 Å². The van der Waals surface area contributed by atoms with Gasteiger partial charge in [0.05, 0.1) is 0 Å². The highest BCUT2D eigenvalue weighted by molar-refractivity contribution is 6.32. The predicted molar refractivity (Wildman–Crippen MR) is 88.4 cm³/mol. The molecule has 0 unspecified atom stereocenters. The number of hydrogen-bond donors (Lipinski definition) is 1. The van der Waals surface area contributed by atoms with Crippen molar-refractivity contribution in [3.8, 4) is 5.75 Å². The minimum absolute atomic E-state index is 0.0113. The Morgan fingerprint density at radius 3 is 2.50 bits per heavy atom. The van der Waals surface area contributed by atoms with Crippen LogP contribution in [0.25, 0.3) is 0 Å². The molecule has 2 aliphatic rings. The van der Waals surface area contributed by atoms with Crippen molar-refractivity contribution in [3.63, 3.8) is 0 Å². The molecule has 3 nitrogen and oxygen atoms in total. The number of halogens is 1. The molecule has 0 saturated heterocycles. The third kappa shape index (κ3) is 3.10. The predicted octanol–water partition coefficient (Wildman–Crippen LogP) is 4.03. The molecule has 2 bridgehead atoms. The first-order valence-electron chi connectivity index (χ1n) is 8.18. The lowest BCUT2D eigenvalue weighted by atomic mass is 9.95. The van der Waals surface area contributed by atoms with Crippen LogP contribution in [0.4, 0.5) is 0 Å². The third-order valence-electron chi connectivity index (χ3n) is 5.16. The zero-order valence-corrected chi connectivity index (χ0v) is 14.2. The Labute approximate surface area is 137 Å². The molecule has 2 aliphatic carbocycles. The van der Waals surface area contributed by atoms with Crippen LogP contribution in [-0.4, -0.2) is 18.1 Å². The van der Waals surface area contributed by atoms with Crippen molar-refractivity contribution in [2.45, 2.75) is 58.6 Å². The Hall–Kier alpha value is -1.22. The summed E-state index contributed by atoms with van der Waals surface area (Å²) in [6.07, 6.45) is 4.55. The second kappa shape index (κ2) is 6.11. The van der Waals surface area contributed by atoms with Crippen LogP contribution in [0.5, 0.6) is 5.75 Å². The molecule has 2 fully saturated rings. The van der Waals surface area contributed by atoms with Crippen molar-refractivity contribution in [2.75, 3.05) is 0 Å². The highest BCUT2D eigenvalue weighted by atomic mass is 35.5. The van der Waals surface area contributed by atoms with Crippen LogP contribution in [-0.2, 0) is 4.79 Å². The summed E-state index contributed by atoms with van der Waals surface area (Å²) in [4.78, 5) is 12.4. The SMILES string of the molecule is Cc1cc(O[C@@H](C)C(=O)N[C@@H]2C[C@H]3CC[C@H]2C3)cc(C)c1Cl. The second-order valence-corrected chi connectivity index (χ2v) is 7.30. The van der Waals surface area contributed by atoms with E-state index >= 15 is 0 Å². The number of ether oxygens (including phenoxy) is 1. The van der Waals surface area contributed by atoms with Gasteiger partial charge in [0.1, 0.15) is 5.75 Å². The van der Waals surface area contributed by atoms with Crippen molar-refractivity contribution in [1.29, 1.82) is 0 Å². The van der Waals surface area contributed by atoms with Crippen molar-refractivity contribution in [2.24, 2.45) is 11.8 Å². The van der Waals surface area contributed by atoms with E-state index in [9.17, 15) is 4.79 Å². The summed E-state index contributed by atoms with van der Waals surface area (Å²) < 4.78 is 5.81. The van der Waals surface area contributed by atoms with Gasteiger partial charge in [0.15, 0.2) is 6.10 Å². The van der Waals surface area contributed by atoms with Gasteiger partial charge in [0.2, 0.25) is 0 Å². The number of benzene rings is 1. The summed E-state index contributed by atoms with van der Waals surface area (Å²) >= 11 is 6.16. The molecule has 1 N–H and O–H groups in total. The number of carbonyl (C=O) groups is 1. The fourth-order valence-electron chi connectivity index (χ4n) is 3.95. The van der Waals surface area contributed by atoms with E-state index in [0.29, 0.717) is 17.7 Å². The minimum atomic E-state index is -0.487. The molecule has 120 valence electrons. The van der Waals surface area contributed by atoms with Gasteiger partial charge in [-0.25, -0.2) is 0 Å². The number of hydrogen-bond acceptors (Lipinski definition) is 2. The molecule has 0 spiro atoms. The van der Waals surface area contributed by atoms with Crippen LogP contribution in [0.1, 0.15) is 43.7 Å². The molecule has 22 heavy (non-hydrogen) atoms. The van der Waals surface area contributed by atoms with Gasteiger partial charge in [-0.2, -0.15) is 0 Å². The molecule has 1 amide bonds. The topological polar surface area (TPSA) is 38.3 Å². The van der Waals surface area contributed by atoms with E-state index in [1.807, 2.05) is 32.9 Å². The molecule has 2 saturated carbocycles. The standard InChI is InChI=1S/C18H24ClNO2/c1-10-6-15(7-11(2)17(10)19)22-12(3)18(21)20-16-9-13-4-5-14(16)8-13/h6-7,12-14,16H,4-5,8-9H2,1-3H3,(H,20,21)/t12-,13-,14-,16+/m0/s1. The quantitative estimate of drug-likeness (QED) is 0.909. The van der Waals surface area contributed by atoms with E-state index in [1.54, 1.807) is 0 Å². The van der Waals surface area contributed by atoms with E-state index in [4.69, 9.17) is 16.3 Å². The summed E-state index contributed by atoms with van der Waals surface area (Å²) in [5.41, 5.74) is 1.94. The average molecular weight is 322 g/mol. The fourth-order valence-corrected chi connectivity index (χ4v) is 4.06. The normalized spacial score (nSPS) is 27.7. The van der Waals surface area contributed by atoms with Crippen LogP contribution in [0.15, 0.2) is 12.1 Å².